The van der Waals surface area contributed by atoms with Crippen molar-refractivity contribution in [1.29, 1.82) is 0 Å². The average molecular weight is 481 g/mol. The first-order valence-corrected chi connectivity index (χ1v) is 12.4. The van der Waals surface area contributed by atoms with E-state index in [2.05, 4.69) is 35.4 Å². The summed E-state index contributed by atoms with van der Waals surface area (Å²) in [7, 11) is 0. The zero-order chi connectivity index (χ0) is 24.1. The minimum atomic E-state index is -0.238. The molecule has 1 fully saturated rings. The number of hydrogen-bond acceptors (Lipinski definition) is 3. The number of likely N-dealkylation sites (tertiary alicyclic amines) is 1. The third kappa shape index (κ3) is 5.99. The summed E-state index contributed by atoms with van der Waals surface area (Å²) in [5, 5.41) is 8.21. The molecule has 0 atom stereocenters. The molecular weight excluding hydrogens is 448 g/mol. The highest BCUT2D eigenvalue weighted by Crippen LogP contribution is 2.23. The van der Waals surface area contributed by atoms with Crippen molar-refractivity contribution in [3.8, 4) is 0 Å². The number of piperidine rings is 1. The molecular formula is C27H33ClN4O2. The van der Waals surface area contributed by atoms with Crippen molar-refractivity contribution in [2.75, 3.05) is 25.0 Å². The molecule has 0 spiro atoms. The van der Waals surface area contributed by atoms with E-state index < -0.39 is 0 Å². The molecule has 0 radical (unpaired) electrons. The van der Waals surface area contributed by atoms with Crippen molar-refractivity contribution >= 4 is 34.1 Å². The first-order chi connectivity index (χ1) is 16.4. The van der Waals surface area contributed by atoms with E-state index in [9.17, 15) is 9.59 Å². The van der Waals surface area contributed by atoms with E-state index in [0.717, 1.165) is 48.4 Å². The number of anilines is 1. The van der Waals surface area contributed by atoms with Crippen LogP contribution in [0.15, 0.2) is 59.5 Å². The van der Waals surface area contributed by atoms with Crippen molar-refractivity contribution in [2.24, 2.45) is 11.8 Å². The molecule has 2 heterocycles. The minimum absolute atomic E-state index is 0.0289. The van der Waals surface area contributed by atoms with Gasteiger partial charge in [-0.3, -0.25) is 9.69 Å². The number of carbonyl (C=O) groups is 1. The van der Waals surface area contributed by atoms with Gasteiger partial charge >= 0.3 is 6.03 Å². The van der Waals surface area contributed by atoms with Crippen LogP contribution in [0.3, 0.4) is 0 Å². The second-order valence-corrected chi connectivity index (χ2v) is 9.99. The fourth-order valence-corrected chi connectivity index (χ4v) is 4.79. The van der Waals surface area contributed by atoms with Gasteiger partial charge in [-0.2, -0.15) is 0 Å². The third-order valence-corrected chi connectivity index (χ3v) is 6.78. The van der Waals surface area contributed by atoms with Crippen molar-refractivity contribution < 1.29 is 4.79 Å². The highest BCUT2D eigenvalue weighted by Gasteiger charge is 2.20. The van der Waals surface area contributed by atoms with Crippen molar-refractivity contribution in [2.45, 2.75) is 39.8 Å². The van der Waals surface area contributed by atoms with Gasteiger partial charge in [-0.1, -0.05) is 61.8 Å². The van der Waals surface area contributed by atoms with Gasteiger partial charge in [-0.05, 0) is 55.5 Å². The van der Waals surface area contributed by atoms with Crippen LogP contribution in [-0.2, 0) is 13.1 Å². The second-order valence-electron chi connectivity index (χ2n) is 9.59. The summed E-state index contributed by atoms with van der Waals surface area (Å²) < 4.78 is 1.69. The van der Waals surface area contributed by atoms with Gasteiger partial charge in [0.05, 0.1) is 5.69 Å². The highest BCUT2D eigenvalue weighted by molar-refractivity contribution is 6.31. The standard InChI is InChI=1S/C27H33ClN4O2/c1-19(2)16-32-18-25(22-8-4-5-9-23(22)26(32)33)30-27(34)29-15-20-11-13-31(14-12-20)17-21-7-3-6-10-24(21)28/h3-10,18-20H,11-17H2,1-2H3,(H2,29,30,34). The van der Waals surface area contributed by atoms with Crippen LogP contribution in [0.25, 0.3) is 10.8 Å². The maximum absolute atomic E-state index is 12.8. The summed E-state index contributed by atoms with van der Waals surface area (Å²) in [6, 6.07) is 15.2. The predicted octanol–water partition coefficient (Wildman–Crippen LogP) is 5.34. The molecule has 0 unspecified atom stereocenters. The van der Waals surface area contributed by atoms with E-state index in [1.807, 2.05) is 42.5 Å². The maximum Gasteiger partial charge on any atom is 0.319 e. The molecule has 1 aliphatic rings. The molecule has 34 heavy (non-hydrogen) atoms. The number of halogens is 1. The fraction of sp³-hybridized carbons (Fsp3) is 0.407. The van der Waals surface area contributed by atoms with E-state index in [-0.39, 0.29) is 11.6 Å². The SMILES string of the molecule is CC(C)Cn1cc(NC(=O)NCC2CCN(Cc3ccccc3Cl)CC2)c2ccccc2c1=O. The Labute approximate surface area is 205 Å². The number of pyridine rings is 1. The van der Waals surface area contributed by atoms with Crippen LogP contribution in [-0.4, -0.2) is 35.1 Å². The Hall–Kier alpha value is -2.83. The summed E-state index contributed by atoms with van der Waals surface area (Å²) in [5.74, 6) is 0.768. The number of urea groups is 1. The number of nitrogens with one attached hydrogen (secondary N) is 2. The monoisotopic (exact) mass is 480 g/mol. The van der Waals surface area contributed by atoms with Crippen molar-refractivity contribution in [3.05, 3.63) is 75.7 Å². The van der Waals surface area contributed by atoms with Gasteiger partial charge < -0.3 is 15.2 Å². The first-order valence-electron chi connectivity index (χ1n) is 12.0. The lowest BCUT2D eigenvalue weighted by Gasteiger charge is -2.32. The Kier molecular flexibility index (Phi) is 7.91. The lowest BCUT2D eigenvalue weighted by molar-refractivity contribution is 0.176. The molecule has 1 aliphatic heterocycles. The third-order valence-electron chi connectivity index (χ3n) is 6.41. The van der Waals surface area contributed by atoms with Crippen LogP contribution < -0.4 is 16.2 Å². The summed E-state index contributed by atoms with van der Waals surface area (Å²) in [6.07, 6.45) is 3.83. The molecule has 7 heteroatoms. The molecule has 2 N–H and O–H groups in total. The molecule has 1 saturated heterocycles. The normalized spacial score (nSPS) is 15.1. The van der Waals surface area contributed by atoms with Crippen LogP contribution in [0.5, 0.6) is 0 Å². The van der Waals surface area contributed by atoms with Crippen molar-refractivity contribution in [1.82, 2.24) is 14.8 Å². The van der Waals surface area contributed by atoms with Crippen LogP contribution >= 0.6 is 11.6 Å². The molecule has 3 aromatic rings. The minimum Gasteiger partial charge on any atom is -0.338 e. The lowest BCUT2D eigenvalue weighted by Crippen LogP contribution is -2.39. The lowest BCUT2D eigenvalue weighted by atomic mass is 9.96. The number of fused-ring (bicyclic) bond motifs is 1. The zero-order valence-electron chi connectivity index (χ0n) is 19.9. The van der Waals surface area contributed by atoms with Gasteiger partial charge in [-0.15, -0.1) is 0 Å². The summed E-state index contributed by atoms with van der Waals surface area (Å²) in [5.41, 5.74) is 1.79. The zero-order valence-corrected chi connectivity index (χ0v) is 20.6. The van der Waals surface area contributed by atoms with Gasteiger partial charge in [0.25, 0.3) is 5.56 Å². The molecule has 180 valence electrons. The van der Waals surface area contributed by atoms with Crippen LogP contribution in [0.2, 0.25) is 5.02 Å². The van der Waals surface area contributed by atoms with Crippen molar-refractivity contribution in [3.63, 3.8) is 0 Å². The van der Waals surface area contributed by atoms with Crippen LogP contribution in [0.1, 0.15) is 32.3 Å². The Morgan fingerprint density at radius 1 is 1.06 bits per heavy atom. The number of amides is 2. The largest absolute Gasteiger partial charge is 0.338 e. The second kappa shape index (κ2) is 11.1. The number of hydrogen-bond donors (Lipinski definition) is 2. The quantitative estimate of drug-likeness (QED) is 0.479. The van der Waals surface area contributed by atoms with E-state index in [1.165, 1.54) is 0 Å². The summed E-state index contributed by atoms with van der Waals surface area (Å²) in [4.78, 5) is 28.0. The number of nitrogens with zero attached hydrogens (tertiary/aromatic N) is 2. The topological polar surface area (TPSA) is 66.4 Å². The molecule has 2 amide bonds. The molecule has 4 rings (SSSR count). The predicted molar refractivity (Wildman–Crippen MR) is 140 cm³/mol. The van der Waals surface area contributed by atoms with E-state index in [4.69, 9.17) is 11.6 Å². The summed E-state index contributed by atoms with van der Waals surface area (Å²) >= 11 is 6.30. The molecule has 0 aliphatic carbocycles. The van der Waals surface area contributed by atoms with Crippen LogP contribution in [0, 0.1) is 11.8 Å². The number of carbonyl (C=O) groups excluding carboxylic acids is 1. The smallest absolute Gasteiger partial charge is 0.319 e. The van der Waals surface area contributed by atoms with E-state index >= 15 is 0 Å². The van der Waals surface area contributed by atoms with E-state index in [1.54, 1.807) is 10.8 Å². The Morgan fingerprint density at radius 2 is 1.74 bits per heavy atom. The molecule has 1 aromatic heterocycles. The highest BCUT2D eigenvalue weighted by atomic mass is 35.5. The average Bonchev–Trinajstić information content (AvgIpc) is 2.83. The number of aromatic nitrogens is 1. The maximum atomic E-state index is 12.8. The number of rotatable bonds is 7. The van der Waals surface area contributed by atoms with Gasteiger partial charge in [0.1, 0.15) is 0 Å². The van der Waals surface area contributed by atoms with Gasteiger partial charge in [-0.25, -0.2) is 4.79 Å². The van der Waals surface area contributed by atoms with Gasteiger partial charge in [0.15, 0.2) is 0 Å². The van der Waals surface area contributed by atoms with E-state index in [0.29, 0.717) is 36.0 Å². The molecule has 0 bridgehead atoms. The number of benzene rings is 2. The Bertz CT molecular complexity index is 1200. The summed E-state index contributed by atoms with van der Waals surface area (Å²) in [6.45, 7) is 8.22. The fourth-order valence-electron chi connectivity index (χ4n) is 4.59. The van der Waals surface area contributed by atoms with Gasteiger partial charge in [0, 0.05) is 41.6 Å². The Balaban J connectivity index is 1.33. The van der Waals surface area contributed by atoms with Gasteiger partial charge in [0.2, 0.25) is 0 Å². The molecule has 2 aromatic carbocycles. The molecule has 0 saturated carbocycles. The molecule has 6 nitrogen and oxygen atoms in total. The Morgan fingerprint density at radius 3 is 2.44 bits per heavy atom. The first kappa shape index (κ1) is 24.3. The van der Waals surface area contributed by atoms with Crippen LogP contribution in [0.4, 0.5) is 10.5 Å².